The quantitative estimate of drug-likeness (QED) is 0.652. The van der Waals surface area contributed by atoms with Gasteiger partial charge in [0.25, 0.3) is 0 Å². The number of carbonyl (C=O) groups is 1. The van der Waals surface area contributed by atoms with Gasteiger partial charge in [0.15, 0.2) is 0 Å². The Labute approximate surface area is 123 Å². The van der Waals surface area contributed by atoms with Gasteiger partial charge in [-0.15, -0.1) is 0 Å². The zero-order valence-electron chi connectivity index (χ0n) is 11.4. The number of hydrogen-bond donors (Lipinski definition) is 3. The number of rotatable bonds is 7. The summed E-state index contributed by atoms with van der Waals surface area (Å²) in [6.45, 7) is 2.42. The number of amides is 1. The van der Waals surface area contributed by atoms with Crippen LogP contribution < -0.4 is 15.4 Å². The van der Waals surface area contributed by atoms with Gasteiger partial charge in [0.2, 0.25) is 15.9 Å². The zero-order chi connectivity index (χ0) is 15.3. The van der Waals surface area contributed by atoms with Crippen LogP contribution in [0.15, 0.2) is 29.2 Å². The highest BCUT2D eigenvalue weighted by Crippen LogP contribution is 2.09. The number of sulfonamides is 1. The number of halogens is 1. The molecule has 0 aliphatic carbocycles. The molecule has 0 aromatic heterocycles. The van der Waals surface area contributed by atoms with Crippen molar-refractivity contribution in [1.29, 1.82) is 0 Å². The van der Waals surface area contributed by atoms with Crippen molar-refractivity contribution in [2.45, 2.75) is 11.3 Å². The van der Waals surface area contributed by atoms with Crippen LogP contribution >= 0.6 is 0 Å². The van der Waals surface area contributed by atoms with Crippen LogP contribution in [-0.2, 0) is 14.8 Å². The van der Waals surface area contributed by atoms with Crippen LogP contribution in [0.3, 0.4) is 0 Å². The smallest absolute Gasteiger partial charge is 0.240 e. The molecule has 0 bridgehead atoms. The lowest BCUT2D eigenvalue weighted by Gasteiger charge is -2.27. The molecule has 1 saturated heterocycles. The van der Waals surface area contributed by atoms with Crippen LogP contribution in [-0.4, -0.2) is 40.5 Å². The molecule has 1 fully saturated rings. The minimum atomic E-state index is -3.70. The van der Waals surface area contributed by atoms with Gasteiger partial charge in [-0.25, -0.2) is 17.5 Å². The van der Waals surface area contributed by atoms with Crippen LogP contribution in [0.5, 0.6) is 0 Å². The highest BCUT2D eigenvalue weighted by Gasteiger charge is 2.17. The van der Waals surface area contributed by atoms with Crippen LogP contribution in [0, 0.1) is 11.7 Å². The Bertz CT molecular complexity index is 585. The predicted octanol–water partition coefficient (Wildman–Crippen LogP) is -0.170. The van der Waals surface area contributed by atoms with E-state index in [0.717, 1.165) is 25.2 Å². The van der Waals surface area contributed by atoms with Gasteiger partial charge in [0.05, 0.1) is 4.90 Å². The average Bonchev–Trinajstić information content (AvgIpc) is 2.37. The number of hydrogen-bond acceptors (Lipinski definition) is 4. The first kappa shape index (κ1) is 15.9. The summed E-state index contributed by atoms with van der Waals surface area (Å²) < 4.78 is 38.8. The molecule has 8 heteroatoms. The Morgan fingerprint density at radius 2 is 1.95 bits per heavy atom. The van der Waals surface area contributed by atoms with Crippen molar-refractivity contribution in [3.8, 4) is 0 Å². The van der Waals surface area contributed by atoms with E-state index in [-0.39, 0.29) is 23.8 Å². The molecule has 1 aliphatic heterocycles. The fourth-order valence-electron chi connectivity index (χ4n) is 1.84. The lowest BCUT2D eigenvalue weighted by Crippen LogP contribution is -2.48. The van der Waals surface area contributed by atoms with E-state index in [0.29, 0.717) is 12.5 Å². The molecule has 0 atom stereocenters. The monoisotopic (exact) mass is 315 g/mol. The predicted molar refractivity (Wildman–Crippen MR) is 75.6 cm³/mol. The van der Waals surface area contributed by atoms with E-state index in [1.807, 2.05) is 0 Å². The molecule has 0 unspecified atom stereocenters. The Morgan fingerprint density at radius 3 is 2.52 bits per heavy atom. The Hall–Kier alpha value is -1.51. The molecule has 2 rings (SSSR count). The molecule has 0 radical (unpaired) electrons. The van der Waals surface area contributed by atoms with Gasteiger partial charge in [-0.1, -0.05) is 0 Å². The summed E-state index contributed by atoms with van der Waals surface area (Å²) in [6, 6.07) is 4.52. The molecule has 21 heavy (non-hydrogen) atoms. The van der Waals surface area contributed by atoms with E-state index in [1.165, 1.54) is 12.1 Å². The fraction of sp³-hybridized carbons (Fsp3) is 0.462. The van der Waals surface area contributed by atoms with Crippen molar-refractivity contribution >= 4 is 15.9 Å². The van der Waals surface area contributed by atoms with Gasteiger partial charge < -0.3 is 10.6 Å². The first-order chi connectivity index (χ1) is 9.97. The molecule has 1 aromatic rings. The molecular weight excluding hydrogens is 297 g/mol. The highest BCUT2D eigenvalue weighted by atomic mass is 32.2. The third-order valence-corrected chi connectivity index (χ3v) is 4.70. The second-order valence-electron chi connectivity index (χ2n) is 4.93. The topological polar surface area (TPSA) is 87.3 Å². The van der Waals surface area contributed by atoms with Gasteiger partial charge in [-0.3, -0.25) is 4.79 Å². The van der Waals surface area contributed by atoms with Gasteiger partial charge in [0, 0.05) is 38.5 Å². The average molecular weight is 315 g/mol. The van der Waals surface area contributed by atoms with Gasteiger partial charge in [-0.05, 0) is 24.3 Å². The Balaban J connectivity index is 1.73. The maximum Gasteiger partial charge on any atom is 0.240 e. The van der Waals surface area contributed by atoms with Crippen LogP contribution in [0.2, 0.25) is 0 Å². The normalized spacial score (nSPS) is 15.5. The number of carbonyl (C=O) groups excluding carboxylic acids is 1. The summed E-state index contributed by atoms with van der Waals surface area (Å²) in [5.41, 5.74) is 0. The summed E-state index contributed by atoms with van der Waals surface area (Å²) in [5.74, 6) is -0.229. The van der Waals surface area contributed by atoms with E-state index < -0.39 is 15.8 Å². The second kappa shape index (κ2) is 6.97. The summed E-state index contributed by atoms with van der Waals surface area (Å²) in [5, 5.41) is 5.86. The third kappa shape index (κ3) is 4.76. The van der Waals surface area contributed by atoms with E-state index in [2.05, 4.69) is 15.4 Å². The molecule has 0 saturated carbocycles. The van der Waals surface area contributed by atoms with Gasteiger partial charge >= 0.3 is 0 Å². The summed E-state index contributed by atoms with van der Waals surface area (Å²) in [6.07, 6.45) is 0.0700. The molecule has 1 amide bonds. The SMILES string of the molecule is O=C(CCNS(=O)(=O)c1ccc(F)cc1)NCC1CNC1. The van der Waals surface area contributed by atoms with Gasteiger partial charge in [0.1, 0.15) is 5.82 Å². The van der Waals surface area contributed by atoms with Crippen molar-refractivity contribution in [1.82, 2.24) is 15.4 Å². The van der Waals surface area contributed by atoms with Gasteiger partial charge in [-0.2, -0.15) is 0 Å². The Morgan fingerprint density at radius 1 is 1.29 bits per heavy atom. The van der Waals surface area contributed by atoms with Crippen molar-refractivity contribution in [2.24, 2.45) is 5.92 Å². The summed E-state index contributed by atoms with van der Waals surface area (Å²) in [7, 11) is -3.70. The molecule has 1 aromatic carbocycles. The van der Waals surface area contributed by atoms with Crippen molar-refractivity contribution in [2.75, 3.05) is 26.2 Å². The van der Waals surface area contributed by atoms with E-state index >= 15 is 0 Å². The molecule has 1 heterocycles. The lowest BCUT2D eigenvalue weighted by molar-refractivity contribution is -0.121. The highest BCUT2D eigenvalue weighted by molar-refractivity contribution is 7.89. The van der Waals surface area contributed by atoms with Crippen molar-refractivity contribution in [3.63, 3.8) is 0 Å². The van der Waals surface area contributed by atoms with E-state index in [4.69, 9.17) is 0 Å². The molecule has 3 N–H and O–H groups in total. The maximum atomic E-state index is 12.7. The van der Waals surface area contributed by atoms with Crippen LogP contribution in [0.1, 0.15) is 6.42 Å². The molecule has 116 valence electrons. The number of nitrogens with one attached hydrogen (secondary N) is 3. The largest absolute Gasteiger partial charge is 0.356 e. The fourth-order valence-corrected chi connectivity index (χ4v) is 2.87. The van der Waals surface area contributed by atoms with Crippen molar-refractivity contribution < 1.29 is 17.6 Å². The van der Waals surface area contributed by atoms with Crippen LogP contribution in [0.25, 0.3) is 0 Å². The number of benzene rings is 1. The second-order valence-corrected chi connectivity index (χ2v) is 6.70. The zero-order valence-corrected chi connectivity index (χ0v) is 12.2. The van der Waals surface area contributed by atoms with E-state index in [1.54, 1.807) is 0 Å². The summed E-state index contributed by atoms with van der Waals surface area (Å²) >= 11 is 0. The molecule has 0 spiro atoms. The lowest BCUT2D eigenvalue weighted by atomic mass is 10.0. The Kier molecular flexibility index (Phi) is 5.27. The maximum absolute atomic E-state index is 12.7. The minimum Gasteiger partial charge on any atom is -0.356 e. The van der Waals surface area contributed by atoms with Crippen LogP contribution in [0.4, 0.5) is 4.39 Å². The molecular formula is C13H18FN3O3S. The molecule has 6 nitrogen and oxygen atoms in total. The molecule has 1 aliphatic rings. The summed E-state index contributed by atoms with van der Waals surface area (Å²) in [4.78, 5) is 11.5. The third-order valence-electron chi connectivity index (χ3n) is 3.22. The first-order valence-corrected chi connectivity index (χ1v) is 8.18. The van der Waals surface area contributed by atoms with Crippen molar-refractivity contribution in [3.05, 3.63) is 30.1 Å². The van der Waals surface area contributed by atoms with E-state index in [9.17, 15) is 17.6 Å². The standard InChI is InChI=1S/C13H18FN3O3S/c14-11-1-3-12(4-2-11)21(19,20)17-6-5-13(18)16-9-10-7-15-8-10/h1-4,10,15,17H,5-9H2,(H,16,18). The minimum absolute atomic E-state index is 0.00839. The first-order valence-electron chi connectivity index (χ1n) is 6.70.